The molecule has 1 fully saturated rings. The standard InChI is InChI=1S/C17H17NO6S2/c1-2-24-11-5-3-10(4-6-11)9-13-15(21)18(17(25)26-13)12(16(22)23)7-8-14(19)20/h3-6,9,12H,2,7-8H2,1H3,(H,19,20)(H,22,23)/b13-9+. The first-order valence-electron chi connectivity index (χ1n) is 7.78. The fourth-order valence-corrected chi connectivity index (χ4v) is 3.71. The SMILES string of the molecule is CCOc1ccc(/C=C2/SC(=S)N(C(CCC(=O)O)C(=O)O)C2=O)cc1. The summed E-state index contributed by atoms with van der Waals surface area (Å²) in [6.45, 7) is 2.42. The van der Waals surface area contributed by atoms with Gasteiger partial charge in [0.2, 0.25) is 0 Å². The molecule has 1 aromatic carbocycles. The minimum absolute atomic E-state index is 0.102. The molecule has 2 N–H and O–H groups in total. The molecule has 1 atom stereocenters. The Bertz CT molecular complexity index is 759. The third kappa shape index (κ3) is 4.83. The molecule has 26 heavy (non-hydrogen) atoms. The molecule has 1 amide bonds. The van der Waals surface area contributed by atoms with Gasteiger partial charge in [0.15, 0.2) is 0 Å². The van der Waals surface area contributed by atoms with Gasteiger partial charge in [0.1, 0.15) is 16.1 Å². The molecule has 1 aromatic rings. The Morgan fingerprint density at radius 2 is 1.96 bits per heavy atom. The minimum atomic E-state index is -1.30. The molecular formula is C17H17NO6S2. The van der Waals surface area contributed by atoms with Gasteiger partial charge in [-0.1, -0.05) is 36.1 Å². The average molecular weight is 395 g/mol. The summed E-state index contributed by atoms with van der Waals surface area (Å²) in [7, 11) is 0. The first-order chi connectivity index (χ1) is 12.3. The molecule has 1 aliphatic heterocycles. The second-order valence-corrected chi connectivity index (χ2v) is 7.02. The van der Waals surface area contributed by atoms with Gasteiger partial charge in [-0.15, -0.1) is 0 Å². The Morgan fingerprint density at radius 3 is 2.50 bits per heavy atom. The fourth-order valence-electron chi connectivity index (χ4n) is 2.35. The Kier molecular flexibility index (Phi) is 6.76. The molecule has 138 valence electrons. The Morgan fingerprint density at radius 1 is 1.31 bits per heavy atom. The number of nitrogens with zero attached hydrogens (tertiary/aromatic N) is 1. The molecule has 0 aromatic heterocycles. The minimum Gasteiger partial charge on any atom is -0.494 e. The molecule has 1 saturated heterocycles. The third-order valence-electron chi connectivity index (χ3n) is 3.54. The number of amides is 1. The summed E-state index contributed by atoms with van der Waals surface area (Å²) >= 11 is 6.14. The van der Waals surface area contributed by atoms with Gasteiger partial charge in [-0.05, 0) is 37.1 Å². The zero-order chi connectivity index (χ0) is 19.3. The number of carbonyl (C=O) groups excluding carboxylic acids is 1. The Labute approximate surface area is 159 Å². The van der Waals surface area contributed by atoms with E-state index in [2.05, 4.69) is 0 Å². The van der Waals surface area contributed by atoms with Crippen molar-refractivity contribution in [1.82, 2.24) is 4.90 Å². The first-order valence-corrected chi connectivity index (χ1v) is 9.00. The zero-order valence-electron chi connectivity index (χ0n) is 13.9. The summed E-state index contributed by atoms with van der Waals surface area (Å²) in [5, 5.41) is 18.1. The molecule has 0 radical (unpaired) electrons. The zero-order valence-corrected chi connectivity index (χ0v) is 15.5. The summed E-state index contributed by atoms with van der Waals surface area (Å²) in [5.74, 6) is -2.25. The Hall–Kier alpha value is -2.39. The van der Waals surface area contributed by atoms with Gasteiger partial charge in [0, 0.05) is 6.42 Å². The van der Waals surface area contributed by atoms with Crippen molar-refractivity contribution < 1.29 is 29.3 Å². The lowest BCUT2D eigenvalue weighted by molar-refractivity contribution is -0.146. The number of carboxylic acids is 2. The van der Waals surface area contributed by atoms with E-state index >= 15 is 0 Å². The number of hydrogen-bond acceptors (Lipinski definition) is 6. The van der Waals surface area contributed by atoms with E-state index in [1.807, 2.05) is 6.92 Å². The van der Waals surface area contributed by atoms with Gasteiger partial charge in [0.05, 0.1) is 11.5 Å². The molecule has 7 nitrogen and oxygen atoms in total. The number of aliphatic carboxylic acids is 2. The summed E-state index contributed by atoms with van der Waals surface area (Å²) in [6.07, 6.45) is 1.03. The van der Waals surface area contributed by atoms with E-state index in [-0.39, 0.29) is 17.2 Å². The molecule has 0 saturated carbocycles. The lowest BCUT2D eigenvalue weighted by atomic mass is 10.1. The van der Waals surface area contributed by atoms with Crippen molar-refractivity contribution in [3.05, 3.63) is 34.7 Å². The van der Waals surface area contributed by atoms with Crippen molar-refractivity contribution in [2.24, 2.45) is 0 Å². The normalized spacial score (nSPS) is 16.8. The number of carboxylic acid groups (broad SMARTS) is 2. The topological polar surface area (TPSA) is 104 Å². The monoisotopic (exact) mass is 395 g/mol. The second-order valence-electron chi connectivity index (χ2n) is 5.34. The average Bonchev–Trinajstić information content (AvgIpc) is 2.84. The van der Waals surface area contributed by atoms with Gasteiger partial charge >= 0.3 is 11.9 Å². The van der Waals surface area contributed by atoms with Gasteiger partial charge < -0.3 is 14.9 Å². The molecule has 9 heteroatoms. The molecule has 2 rings (SSSR count). The van der Waals surface area contributed by atoms with E-state index in [9.17, 15) is 19.5 Å². The van der Waals surface area contributed by atoms with Crippen molar-refractivity contribution in [1.29, 1.82) is 0 Å². The number of rotatable bonds is 8. The van der Waals surface area contributed by atoms with Gasteiger partial charge in [-0.2, -0.15) is 0 Å². The van der Waals surface area contributed by atoms with Crippen LogP contribution >= 0.6 is 24.0 Å². The quantitative estimate of drug-likeness (QED) is 0.511. The van der Waals surface area contributed by atoms with Crippen LogP contribution in [0.25, 0.3) is 6.08 Å². The van der Waals surface area contributed by atoms with Crippen molar-refractivity contribution in [3.63, 3.8) is 0 Å². The van der Waals surface area contributed by atoms with Gasteiger partial charge in [-0.25, -0.2) is 4.79 Å². The van der Waals surface area contributed by atoms with Crippen LogP contribution < -0.4 is 4.74 Å². The number of hydrogen-bond donors (Lipinski definition) is 2. The molecule has 1 unspecified atom stereocenters. The van der Waals surface area contributed by atoms with E-state index in [0.29, 0.717) is 17.3 Å². The van der Waals surface area contributed by atoms with Crippen molar-refractivity contribution in [2.45, 2.75) is 25.8 Å². The van der Waals surface area contributed by atoms with Crippen LogP contribution in [0, 0.1) is 0 Å². The lowest BCUT2D eigenvalue weighted by Crippen LogP contribution is -2.44. The van der Waals surface area contributed by atoms with E-state index in [1.54, 1.807) is 30.3 Å². The maximum absolute atomic E-state index is 12.6. The van der Waals surface area contributed by atoms with Crippen LogP contribution in [0.1, 0.15) is 25.3 Å². The Balaban J connectivity index is 2.20. The predicted octanol–water partition coefficient (Wildman–Crippen LogP) is 2.60. The lowest BCUT2D eigenvalue weighted by Gasteiger charge is -2.22. The number of carbonyl (C=O) groups is 3. The highest BCUT2D eigenvalue weighted by Gasteiger charge is 2.40. The van der Waals surface area contributed by atoms with Crippen LogP contribution in [-0.4, -0.2) is 49.9 Å². The maximum atomic E-state index is 12.6. The molecule has 0 aliphatic carbocycles. The highest BCUT2D eigenvalue weighted by Crippen LogP contribution is 2.35. The highest BCUT2D eigenvalue weighted by atomic mass is 32.2. The smallest absolute Gasteiger partial charge is 0.326 e. The van der Waals surface area contributed by atoms with Gasteiger partial charge in [0.25, 0.3) is 5.91 Å². The van der Waals surface area contributed by atoms with Crippen molar-refractivity contribution in [2.75, 3.05) is 6.61 Å². The number of thioether (sulfide) groups is 1. The molecule has 0 spiro atoms. The molecule has 1 heterocycles. The molecule has 1 aliphatic rings. The third-order valence-corrected chi connectivity index (χ3v) is 4.87. The summed E-state index contributed by atoms with van der Waals surface area (Å²) < 4.78 is 5.46. The van der Waals surface area contributed by atoms with E-state index in [4.69, 9.17) is 22.1 Å². The van der Waals surface area contributed by atoms with Crippen LogP contribution in [0.5, 0.6) is 5.75 Å². The van der Waals surface area contributed by atoms with Crippen LogP contribution in [-0.2, 0) is 14.4 Å². The van der Waals surface area contributed by atoms with Crippen LogP contribution in [0.2, 0.25) is 0 Å². The summed E-state index contributed by atoms with van der Waals surface area (Å²) in [6, 6.07) is 5.78. The van der Waals surface area contributed by atoms with Crippen LogP contribution in [0.3, 0.4) is 0 Å². The molecular weight excluding hydrogens is 378 g/mol. The van der Waals surface area contributed by atoms with Crippen molar-refractivity contribution in [3.8, 4) is 5.75 Å². The summed E-state index contributed by atoms with van der Waals surface area (Å²) in [5.41, 5.74) is 0.742. The highest BCUT2D eigenvalue weighted by molar-refractivity contribution is 8.26. The van der Waals surface area contributed by atoms with Crippen molar-refractivity contribution >= 4 is 52.2 Å². The van der Waals surface area contributed by atoms with E-state index in [1.165, 1.54) is 0 Å². The summed E-state index contributed by atoms with van der Waals surface area (Å²) in [4.78, 5) is 36.1. The van der Waals surface area contributed by atoms with Gasteiger partial charge in [-0.3, -0.25) is 14.5 Å². The second kappa shape index (κ2) is 8.81. The van der Waals surface area contributed by atoms with E-state index < -0.39 is 23.9 Å². The van der Waals surface area contributed by atoms with Crippen LogP contribution in [0.15, 0.2) is 29.2 Å². The first kappa shape index (κ1) is 19.9. The van der Waals surface area contributed by atoms with Crippen LogP contribution in [0.4, 0.5) is 0 Å². The largest absolute Gasteiger partial charge is 0.494 e. The molecule has 0 bridgehead atoms. The number of benzene rings is 1. The number of ether oxygens (including phenoxy) is 1. The fraction of sp³-hybridized carbons (Fsp3) is 0.294. The number of thiocarbonyl (C=S) groups is 1. The maximum Gasteiger partial charge on any atom is 0.326 e. The predicted molar refractivity (Wildman–Crippen MR) is 101 cm³/mol. The van der Waals surface area contributed by atoms with E-state index in [0.717, 1.165) is 22.2 Å².